The second-order valence-electron chi connectivity index (χ2n) is 11.3. The molecule has 0 fully saturated rings. The van der Waals surface area contributed by atoms with Gasteiger partial charge in [0.05, 0.1) is 11.2 Å². The summed E-state index contributed by atoms with van der Waals surface area (Å²) in [4.78, 5) is 37.1. The van der Waals surface area contributed by atoms with Gasteiger partial charge in [-0.3, -0.25) is 9.59 Å². The van der Waals surface area contributed by atoms with E-state index in [0.717, 1.165) is 16.5 Å². The number of hydrogen-bond donors (Lipinski definition) is 1. The highest BCUT2D eigenvalue weighted by molar-refractivity contribution is 5.99. The van der Waals surface area contributed by atoms with Gasteiger partial charge in [0, 0.05) is 23.4 Å². The van der Waals surface area contributed by atoms with E-state index in [0.29, 0.717) is 23.3 Å². The summed E-state index contributed by atoms with van der Waals surface area (Å²) in [5.74, 6) is -0.709. The second-order valence-corrected chi connectivity index (χ2v) is 11.3. The lowest BCUT2D eigenvalue weighted by molar-refractivity contribution is -0.155. The first kappa shape index (κ1) is 28.6. The van der Waals surface area contributed by atoms with Crippen LogP contribution in [0.1, 0.15) is 72.9 Å². The van der Waals surface area contributed by atoms with Crippen molar-refractivity contribution in [3.8, 4) is 11.1 Å². The van der Waals surface area contributed by atoms with E-state index in [-0.39, 0.29) is 24.2 Å². The van der Waals surface area contributed by atoms with E-state index in [4.69, 9.17) is 9.47 Å². The molecule has 2 aromatic carbocycles. The molecule has 202 valence electrons. The van der Waals surface area contributed by atoms with Gasteiger partial charge in [0.25, 0.3) is 0 Å². The Bertz CT molecular complexity index is 1360. The van der Waals surface area contributed by atoms with Gasteiger partial charge in [-0.1, -0.05) is 31.7 Å². The fourth-order valence-electron chi connectivity index (χ4n) is 3.96. The van der Waals surface area contributed by atoms with Crippen LogP contribution in [0.3, 0.4) is 0 Å². The summed E-state index contributed by atoms with van der Waals surface area (Å²) in [6, 6.07) is 13.2. The largest absolute Gasteiger partial charge is 0.460 e. The molecule has 0 aliphatic heterocycles. The number of ether oxygens (including phenoxy) is 2. The lowest BCUT2D eigenvalue weighted by Gasteiger charge is -2.20. The van der Waals surface area contributed by atoms with Gasteiger partial charge in [-0.15, -0.1) is 0 Å². The average molecular weight is 520 g/mol. The fraction of sp³-hybridized carbons (Fsp3) is 0.400. The minimum absolute atomic E-state index is 0.137. The first-order valence-corrected chi connectivity index (χ1v) is 12.7. The van der Waals surface area contributed by atoms with Gasteiger partial charge < -0.3 is 14.8 Å². The molecule has 8 heteroatoms. The van der Waals surface area contributed by atoms with Crippen LogP contribution in [-0.2, 0) is 19.1 Å². The molecule has 8 nitrogen and oxygen atoms in total. The highest BCUT2D eigenvalue weighted by atomic mass is 16.6. The zero-order valence-electron chi connectivity index (χ0n) is 23.3. The van der Waals surface area contributed by atoms with Crippen LogP contribution in [0, 0.1) is 0 Å². The Hall–Kier alpha value is -3.94. The Kier molecular flexibility index (Phi) is 8.44. The maximum absolute atomic E-state index is 13.0. The van der Waals surface area contributed by atoms with Gasteiger partial charge >= 0.3 is 12.1 Å². The van der Waals surface area contributed by atoms with Crippen molar-refractivity contribution in [1.29, 1.82) is 0 Å². The number of rotatable bonds is 7. The van der Waals surface area contributed by atoms with Crippen molar-refractivity contribution >= 4 is 34.6 Å². The Morgan fingerprint density at radius 3 is 2.29 bits per heavy atom. The third-order valence-corrected chi connectivity index (χ3v) is 5.59. The lowest BCUT2D eigenvalue weighted by atomic mass is 9.96. The Morgan fingerprint density at radius 2 is 1.66 bits per heavy atom. The van der Waals surface area contributed by atoms with Crippen molar-refractivity contribution in [2.24, 2.45) is 0 Å². The summed E-state index contributed by atoms with van der Waals surface area (Å²) in [7, 11) is 0. The molecule has 1 unspecified atom stereocenters. The Morgan fingerprint density at radius 1 is 1.00 bits per heavy atom. The molecule has 1 atom stereocenters. The van der Waals surface area contributed by atoms with E-state index in [9.17, 15) is 14.4 Å². The number of nitrogens with zero attached hydrogens (tertiary/aromatic N) is 2. The number of nitrogens with one attached hydrogen (secondary N) is 1. The zero-order chi connectivity index (χ0) is 28.3. The average Bonchev–Trinajstić information content (AvgIpc) is 3.19. The quantitative estimate of drug-likeness (QED) is 0.271. The maximum atomic E-state index is 13.0. The van der Waals surface area contributed by atoms with E-state index >= 15 is 0 Å². The molecule has 38 heavy (non-hydrogen) atoms. The number of esters is 1. The van der Waals surface area contributed by atoms with Crippen molar-refractivity contribution in [3.05, 3.63) is 60.8 Å². The van der Waals surface area contributed by atoms with Crippen LogP contribution in [0.4, 0.5) is 10.5 Å². The minimum Gasteiger partial charge on any atom is -0.460 e. The third kappa shape index (κ3) is 7.54. The molecule has 0 spiro atoms. The van der Waals surface area contributed by atoms with Crippen LogP contribution in [0.15, 0.2) is 55.1 Å². The van der Waals surface area contributed by atoms with Crippen molar-refractivity contribution < 1.29 is 23.9 Å². The molecular weight excluding hydrogens is 482 g/mol. The number of hydrogen-bond acceptors (Lipinski definition) is 6. The lowest BCUT2D eigenvalue weighted by Crippen LogP contribution is -2.27. The molecule has 1 heterocycles. The summed E-state index contributed by atoms with van der Waals surface area (Å²) in [5, 5.41) is 8.21. The first-order valence-electron chi connectivity index (χ1n) is 12.7. The van der Waals surface area contributed by atoms with Crippen molar-refractivity contribution in [2.75, 3.05) is 5.32 Å². The summed E-state index contributed by atoms with van der Waals surface area (Å²) >= 11 is 0. The maximum Gasteiger partial charge on any atom is 0.435 e. The van der Waals surface area contributed by atoms with Crippen LogP contribution >= 0.6 is 0 Å². The molecule has 0 saturated carbocycles. The van der Waals surface area contributed by atoms with E-state index < -0.39 is 17.3 Å². The third-order valence-electron chi connectivity index (χ3n) is 5.59. The number of aromatic nitrogens is 2. The molecule has 0 saturated heterocycles. The van der Waals surface area contributed by atoms with Gasteiger partial charge in [-0.2, -0.15) is 9.78 Å². The van der Waals surface area contributed by atoms with E-state index in [1.54, 1.807) is 26.8 Å². The summed E-state index contributed by atoms with van der Waals surface area (Å²) in [6.45, 7) is 16.4. The van der Waals surface area contributed by atoms with Crippen LogP contribution in [0.25, 0.3) is 22.0 Å². The van der Waals surface area contributed by atoms with Gasteiger partial charge in [-0.05, 0) is 89.4 Å². The van der Waals surface area contributed by atoms with Gasteiger partial charge in [0.2, 0.25) is 5.91 Å². The summed E-state index contributed by atoms with van der Waals surface area (Å²) < 4.78 is 12.3. The van der Waals surface area contributed by atoms with E-state index in [1.165, 1.54) is 10.8 Å². The second kappa shape index (κ2) is 11.2. The number of anilines is 1. The van der Waals surface area contributed by atoms with Crippen LogP contribution in [0.5, 0.6) is 0 Å². The number of fused-ring (bicyclic) bond motifs is 1. The summed E-state index contributed by atoms with van der Waals surface area (Å²) in [5.41, 5.74) is 2.46. The molecule has 0 aliphatic rings. The van der Waals surface area contributed by atoms with Crippen LogP contribution in [0.2, 0.25) is 0 Å². The minimum atomic E-state index is -0.686. The Balaban J connectivity index is 2.02. The van der Waals surface area contributed by atoms with Gasteiger partial charge in [0.1, 0.15) is 11.2 Å². The highest BCUT2D eigenvalue weighted by Crippen LogP contribution is 2.33. The van der Waals surface area contributed by atoms with Crippen LogP contribution in [-0.4, -0.2) is 39.0 Å². The van der Waals surface area contributed by atoms with E-state index in [1.807, 2.05) is 64.1 Å². The monoisotopic (exact) mass is 519 g/mol. The number of carbonyl (C=O) groups is 3. The SMILES string of the molecule is C=CC(=O)Nc1cccc(-c2ccc3c(c2)c(C(C)CCC(=O)OC(C)(C)C)nn3C(=O)OC(C)(C)C)c1. The fourth-order valence-corrected chi connectivity index (χ4v) is 3.96. The number of amides is 1. The van der Waals surface area contributed by atoms with Gasteiger partial charge in [0.15, 0.2) is 0 Å². The van der Waals surface area contributed by atoms with Crippen molar-refractivity contribution in [2.45, 2.75) is 78.4 Å². The van der Waals surface area contributed by atoms with Gasteiger partial charge in [-0.25, -0.2) is 4.79 Å². The molecule has 1 N–H and O–H groups in total. The highest BCUT2D eigenvalue weighted by Gasteiger charge is 2.25. The molecule has 0 aliphatic carbocycles. The zero-order valence-corrected chi connectivity index (χ0v) is 23.3. The smallest absolute Gasteiger partial charge is 0.435 e. The predicted molar refractivity (Wildman–Crippen MR) is 149 cm³/mol. The molecular formula is C30H37N3O5. The molecule has 3 rings (SSSR count). The molecule has 0 bridgehead atoms. The predicted octanol–water partition coefficient (Wildman–Crippen LogP) is 6.84. The number of carbonyl (C=O) groups excluding carboxylic acids is 3. The molecule has 3 aromatic rings. The van der Waals surface area contributed by atoms with E-state index in [2.05, 4.69) is 17.0 Å². The standard InChI is InChI=1S/C30H37N3O5/c1-9-25(34)31-22-12-10-11-20(17-22)21-14-15-24-23(18-21)27(32-33(24)28(36)38-30(6,7)8)19(2)13-16-26(35)37-29(3,4)5/h9-12,14-15,17-19H,1,13,16H2,2-8H3,(H,31,34). The van der Waals surface area contributed by atoms with Crippen molar-refractivity contribution in [3.63, 3.8) is 0 Å². The topological polar surface area (TPSA) is 99.5 Å². The molecule has 0 radical (unpaired) electrons. The Labute approximate surface area is 224 Å². The molecule has 1 aromatic heterocycles. The summed E-state index contributed by atoms with van der Waals surface area (Å²) in [6.07, 6.45) is 1.37. The number of benzene rings is 2. The normalized spacial score (nSPS) is 12.6. The molecule has 1 amide bonds. The van der Waals surface area contributed by atoms with Crippen LogP contribution < -0.4 is 5.32 Å². The van der Waals surface area contributed by atoms with Crippen molar-refractivity contribution in [1.82, 2.24) is 9.78 Å². The first-order chi connectivity index (χ1) is 17.7.